The minimum atomic E-state index is -4.90. The molecule has 2 bridgehead atoms. The summed E-state index contributed by atoms with van der Waals surface area (Å²) in [7, 11) is -4.90. The molecule has 14 heteroatoms. The Bertz CT molecular complexity index is 991. The summed E-state index contributed by atoms with van der Waals surface area (Å²) in [4.78, 5) is 39.9. The Labute approximate surface area is 181 Å². The molecule has 3 heterocycles. The first-order chi connectivity index (χ1) is 12.6. The fraction of sp³-hybridized carbons (Fsp3) is 0.357. The van der Waals surface area contributed by atoms with E-state index in [-0.39, 0.29) is 42.6 Å². The molecule has 0 aliphatic carbocycles. The Morgan fingerprint density at radius 2 is 2.11 bits per heavy atom. The SMILES string of the molecule is CC1=C[C@@H](C(=O)NCc2cc(=O)c(O)c[nH]2)N2C[C@@H]1N(OS(=O)(=O)O)C2=O.[Na]. The smallest absolute Gasteiger partial charge is 0.418 e. The van der Waals surface area contributed by atoms with Gasteiger partial charge in [0, 0.05) is 47.5 Å². The van der Waals surface area contributed by atoms with Crippen LogP contribution in [0, 0.1) is 0 Å². The molecular weight excluding hydrogens is 407 g/mol. The first kappa shape index (κ1) is 22.4. The van der Waals surface area contributed by atoms with Crippen molar-refractivity contribution in [3.63, 3.8) is 0 Å². The molecule has 4 N–H and O–H groups in total. The van der Waals surface area contributed by atoms with E-state index < -0.39 is 45.6 Å². The van der Waals surface area contributed by atoms with E-state index in [0.717, 1.165) is 17.2 Å². The minimum absolute atomic E-state index is 0. The van der Waals surface area contributed by atoms with Crippen molar-refractivity contribution in [1.29, 1.82) is 0 Å². The molecule has 3 amide bonds. The average molecular weight is 423 g/mol. The van der Waals surface area contributed by atoms with Crippen molar-refractivity contribution in [2.24, 2.45) is 0 Å². The molecule has 28 heavy (non-hydrogen) atoms. The van der Waals surface area contributed by atoms with Gasteiger partial charge in [-0.2, -0.15) is 13.5 Å². The van der Waals surface area contributed by atoms with Crippen LogP contribution in [-0.2, 0) is 26.0 Å². The molecule has 0 unspecified atom stereocenters. The molecule has 0 aromatic carbocycles. The predicted octanol–water partition coefficient (Wildman–Crippen LogP) is -1.51. The Morgan fingerprint density at radius 1 is 1.43 bits per heavy atom. The normalized spacial score (nSPS) is 21.2. The topological polar surface area (TPSA) is 169 Å². The average Bonchev–Trinajstić information content (AvgIpc) is 2.84. The number of nitrogens with zero attached hydrogens (tertiary/aromatic N) is 2. The van der Waals surface area contributed by atoms with Crippen LogP contribution in [0.15, 0.2) is 28.7 Å². The molecule has 1 fully saturated rings. The summed E-state index contributed by atoms with van der Waals surface area (Å²) in [6.45, 7) is 1.54. The van der Waals surface area contributed by atoms with E-state index in [2.05, 4.69) is 14.6 Å². The van der Waals surface area contributed by atoms with Crippen molar-refractivity contribution in [3.8, 4) is 5.75 Å². The molecule has 1 aromatic heterocycles. The molecular formula is C14H16N4NaO8S. The number of urea groups is 1. The minimum Gasteiger partial charge on any atom is -0.503 e. The first-order valence-electron chi connectivity index (χ1n) is 7.70. The fourth-order valence-corrected chi connectivity index (χ4v) is 3.28. The van der Waals surface area contributed by atoms with Crippen LogP contribution in [0.5, 0.6) is 5.75 Å². The van der Waals surface area contributed by atoms with Crippen LogP contribution in [0.2, 0.25) is 0 Å². The number of H-pyrrole nitrogens is 1. The summed E-state index contributed by atoms with van der Waals surface area (Å²) in [5.74, 6) is -1.02. The van der Waals surface area contributed by atoms with Gasteiger partial charge < -0.3 is 20.3 Å². The Kier molecular flexibility index (Phi) is 6.58. The van der Waals surface area contributed by atoms with Crippen LogP contribution >= 0.6 is 0 Å². The predicted molar refractivity (Wildman–Crippen MR) is 94.2 cm³/mol. The molecule has 2 atom stereocenters. The number of nitrogens with one attached hydrogen (secondary N) is 2. The second-order valence-electron chi connectivity index (χ2n) is 6.06. The number of hydrogen-bond donors (Lipinski definition) is 4. The van der Waals surface area contributed by atoms with Crippen LogP contribution in [0.25, 0.3) is 0 Å². The summed E-state index contributed by atoms with van der Waals surface area (Å²) in [5, 5.41) is 12.3. The van der Waals surface area contributed by atoms with Crippen molar-refractivity contribution >= 4 is 51.9 Å². The van der Waals surface area contributed by atoms with Gasteiger partial charge in [0.25, 0.3) is 0 Å². The number of amides is 3. The number of aromatic amines is 1. The molecule has 147 valence electrons. The third-order valence-electron chi connectivity index (χ3n) is 4.22. The van der Waals surface area contributed by atoms with E-state index in [1.807, 2.05) is 0 Å². The Morgan fingerprint density at radius 3 is 2.71 bits per heavy atom. The number of hydroxylamine groups is 2. The van der Waals surface area contributed by atoms with Gasteiger partial charge in [-0.15, -0.1) is 4.28 Å². The number of fused-ring (bicyclic) bond motifs is 2. The Balaban J connectivity index is 0.00000280. The quantitative estimate of drug-likeness (QED) is 0.252. The summed E-state index contributed by atoms with van der Waals surface area (Å²) in [6, 6.07) is -1.54. The van der Waals surface area contributed by atoms with Gasteiger partial charge >= 0.3 is 16.4 Å². The maximum absolute atomic E-state index is 12.5. The van der Waals surface area contributed by atoms with E-state index >= 15 is 0 Å². The number of aromatic hydroxyl groups is 1. The van der Waals surface area contributed by atoms with Crippen molar-refractivity contribution < 1.29 is 31.9 Å². The van der Waals surface area contributed by atoms with Crippen molar-refractivity contribution in [1.82, 2.24) is 20.3 Å². The number of aromatic nitrogens is 1. The molecule has 3 rings (SSSR count). The second-order valence-corrected chi connectivity index (χ2v) is 7.06. The summed E-state index contributed by atoms with van der Waals surface area (Å²) in [5.41, 5.74) is 0.241. The van der Waals surface area contributed by atoms with Gasteiger partial charge in [-0.1, -0.05) is 6.08 Å². The fourth-order valence-electron chi connectivity index (χ4n) is 2.91. The van der Waals surface area contributed by atoms with Gasteiger partial charge in [0.05, 0.1) is 13.1 Å². The van der Waals surface area contributed by atoms with Crippen LogP contribution < -0.4 is 10.7 Å². The number of pyridine rings is 1. The van der Waals surface area contributed by atoms with Gasteiger partial charge in [0.2, 0.25) is 11.3 Å². The zero-order chi connectivity index (χ0) is 19.9. The van der Waals surface area contributed by atoms with Crippen LogP contribution in [-0.4, -0.2) is 93.1 Å². The van der Waals surface area contributed by atoms with Crippen LogP contribution in [0.4, 0.5) is 4.79 Å². The summed E-state index contributed by atoms with van der Waals surface area (Å²) >= 11 is 0. The summed E-state index contributed by atoms with van der Waals surface area (Å²) in [6.07, 6.45) is 2.57. The zero-order valence-corrected chi connectivity index (χ0v) is 17.8. The molecule has 2 aliphatic rings. The number of carbonyl (C=O) groups is 2. The van der Waals surface area contributed by atoms with E-state index in [4.69, 9.17) is 4.55 Å². The molecule has 1 aromatic rings. The Hall–Kier alpha value is -1.90. The van der Waals surface area contributed by atoms with Gasteiger partial charge in [-0.25, -0.2) is 4.79 Å². The molecule has 0 saturated carbocycles. The van der Waals surface area contributed by atoms with Crippen molar-refractivity contribution in [2.45, 2.75) is 25.6 Å². The van der Waals surface area contributed by atoms with E-state index in [1.165, 1.54) is 6.08 Å². The largest absolute Gasteiger partial charge is 0.503 e. The zero-order valence-electron chi connectivity index (χ0n) is 14.9. The molecule has 1 saturated heterocycles. The molecule has 2 aliphatic heterocycles. The third kappa shape index (κ3) is 4.56. The van der Waals surface area contributed by atoms with E-state index in [0.29, 0.717) is 16.3 Å². The van der Waals surface area contributed by atoms with Crippen LogP contribution in [0.3, 0.4) is 0 Å². The van der Waals surface area contributed by atoms with E-state index in [9.17, 15) is 27.9 Å². The molecule has 0 spiro atoms. The standard InChI is InChI=1S/C14H16N4O8S.Na/c1-7-2-9(13(21)16-4-8-3-11(19)12(20)5-15-8)17-6-10(7)18(14(17)22)26-27(23,24)25;/h2-3,5,9-10,20H,4,6H2,1H3,(H,15,19)(H,16,21)(H,23,24,25);/t9-,10-;/m0./s1. The first-order valence-corrected chi connectivity index (χ1v) is 9.07. The number of carbonyl (C=O) groups excluding carboxylic acids is 2. The maximum Gasteiger partial charge on any atom is 0.418 e. The van der Waals surface area contributed by atoms with Gasteiger partial charge in [0.15, 0.2) is 5.75 Å². The van der Waals surface area contributed by atoms with Gasteiger partial charge in [0.1, 0.15) is 12.1 Å². The van der Waals surface area contributed by atoms with Gasteiger partial charge in [-0.3, -0.25) is 14.1 Å². The van der Waals surface area contributed by atoms with Crippen molar-refractivity contribution in [3.05, 3.63) is 39.8 Å². The maximum atomic E-state index is 12.5. The molecule has 12 nitrogen and oxygen atoms in total. The molecule has 1 radical (unpaired) electrons. The number of hydrogen-bond acceptors (Lipinski definition) is 7. The van der Waals surface area contributed by atoms with Gasteiger partial charge in [-0.05, 0) is 12.5 Å². The van der Waals surface area contributed by atoms with Crippen LogP contribution in [0.1, 0.15) is 12.6 Å². The number of rotatable bonds is 5. The van der Waals surface area contributed by atoms with E-state index in [1.54, 1.807) is 6.92 Å². The third-order valence-corrected chi connectivity index (χ3v) is 4.57. The van der Waals surface area contributed by atoms with Crippen molar-refractivity contribution in [2.75, 3.05) is 6.54 Å². The second kappa shape index (κ2) is 8.23. The summed E-state index contributed by atoms with van der Waals surface area (Å²) < 4.78 is 35.0. The monoisotopic (exact) mass is 423 g/mol.